The Labute approximate surface area is 125 Å². The Kier molecular flexibility index (Phi) is 5.71. The fourth-order valence-corrected chi connectivity index (χ4v) is 3.46. The first-order chi connectivity index (χ1) is 10.1. The summed E-state index contributed by atoms with van der Waals surface area (Å²) in [4.78, 5) is 0. The maximum Gasteiger partial charge on any atom is 0.163 e. The first-order valence-corrected chi connectivity index (χ1v) is 7.87. The molecule has 1 aliphatic carbocycles. The molecule has 0 heterocycles. The van der Waals surface area contributed by atoms with E-state index in [0.29, 0.717) is 12.1 Å². The van der Waals surface area contributed by atoms with Gasteiger partial charge in [0.05, 0.1) is 11.6 Å². The molecule has 0 bridgehead atoms. The molecule has 1 fully saturated rings. The molecule has 0 amide bonds. The SMILES string of the molecule is CCNC(c1cccc(F)c1F)C1(OC)CCCCCC1. The fourth-order valence-electron chi connectivity index (χ4n) is 3.46. The van der Waals surface area contributed by atoms with Gasteiger partial charge < -0.3 is 10.1 Å². The van der Waals surface area contributed by atoms with Gasteiger partial charge in [-0.05, 0) is 25.5 Å². The van der Waals surface area contributed by atoms with E-state index in [4.69, 9.17) is 4.74 Å². The van der Waals surface area contributed by atoms with Crippen LogP contribution in [0.15, 0.2) is 18.2 Å². The van der Waals surface area contributed by atoms with Crippen LogP contribution >= 0.6 is 0 Å². The summed E-state index contributed by atoms with van der Waals surface area (Å²) in [5.41, 5.74) is -0.0816. The Balaban J connectivity index is 2.42. The molecule has 1 saturated carbocycles. The standard InChI is InChI=1S/C17H25F2NO/c1-3-20-16(13-9-8-10-14(18)15(13)19)17(21-2)11-6-4-5-7-12-17/h8-10,16,20H,3-7,11-12H2,1-2H3. The van der Waals surface area contributed by atoms with Crippen LogP contribution in [0.25, 0.3) is 0 Å². The average molecular weight is 297 g/mol. The van der Waals surface area contributed by atoms with Crippen molar-refractivity contribution in [3.63, 3.8) is 0 Å². The van der Waals surface area contributed by atoms with Gasteiger partial charge >= 0.3 is 0 Å². The molecule has 4 heteroatoms. The number of halogens is 2. The van der Waals surface area contributed by atoms with Crippen molar-refractivity contribution in [3.05, 3.63) is 35.4 Å². The Bertz CT molecular complexity index is 456. The van der Waals surface area contributed by atoms with E-state index >= 15 is 0 Å². The van der Waals surface area contributed by atoms with Gasteiger partial charge in [-0.3, -0.25) is 0 Å². The number of methoxy groups -OCH3 is 1. The van der Waals surface area contributed by atoms with Crippen LogP contribution in [0.4, 0.5) is 8.78 Å². The second-order valence-corrected chi connectivity index (χ2v) is 5.82. The lowest BCUT2D eigenvalue weighted by atomic mass is 9.81. The van der Waals surface area contributed by atoms with Crippen LogP contribution in [-0.2, 0) is 4.74 Å². The van der Waals surface area contributed by atoms with Crippen LogP contribution in [0.2, 0.25) is 0 Å². The number of hydrogen-bond donors (Lipinski definition) is 1. The van der Waals surface area contributed by atoms with E-state index in [-0.39, 0.29) is 6.04 Å². The summed E-state index contributed by atoms with van der Waals surface area (Å²) < 4.78 is 33.8. The molecule has 1 N–H and O–H groups in total. The van der Waals surface area contributed by atoms with Crippen LogP contribution in [0.5, 0.6) is 0 Å². The number of hydrogen-bond acceptors (Lipinski definition) is 2. The molecule has 1 aromatic carbocycles. The lowest BCUT2D eigenvalue weighted by Gasteiger charge is -2.40. The summed E-state index contributed by atoms with van der Waals surface area (Å²) in [6.45, 7) is 2.66. The second-order valence-electron chi connectivity index (χ2n) is 5.82. The quantitative estimate of drug-likeness (QED) is 0.816. The minimum absolute atomic E-state index is 0.318. The van der Waals surface area contributed by atoms with Crippen LogP contribution in [0, 0.1) is 11.6 Å². The molecule has 0 saturated heterocycles. The van der Waals surface area contributed by atoms with Crippen molar-refractivity contribution in [3.8, 4) is 0 Å². The van der Waals surface area contributed by atoms with Crippen molar-refractivity contribution in [1.29, 1.82) is 0 Å². The van der Waals surface area contributed by atoms with Gasteiger partial charge in [0.1, 0.15) is 0 Å². The highest BCUT2D eigenvalue weighted by atomic mass is 19.2. The topological polar surface area (TPSA) is 21.3 Å². The van der Waals surface area contributed by atoms with Gasteiger partial charge in [-0.15, -0.1) is 0 Å². The molecule has 0 aliphatic heterocycles. The maximum atomic E-state index is 14.3. The van der Waals surface area contributed by atoms with E-state index in [9.17, 15) is 8.78 Å². The van der Waals surface area contributed by atoms with Crippen molar-refractivity contribution in [1.82, 2.24) is 5.32 Å². The van der Waals surface area contributed by atoms with Gasteiger partial charge in [-0.1, -0.05) is 44.7 Å². The molecule has 2 nitrogen and oxygen atoms in total. The molecule has 1 aliphatic rings. The molecule has 0 spiro atoms. The zero-order valence-electron chi connectivity index (χ0n) is 12.9. The summed E-state index contributed by atoms with van der Waals surface area (Å²) in [5.74, 6) is -1.56. The van der Waals surface area contributed by atoms with E-state index in [2.05, 4.69) is 5.32 Å². The minimum Gasteiger partial charge on any atom is -0.376 e. The van der Waals surface area contributed by atoms with E-state index < -0.39 is 17.2 Å². The van der Waals surface area contributed by atoms with Gasteiger partial charge in [0.15, 0.2) is 11.6 Å². The number of benzene rings is 1. The third-order valence-electron chi connectivity index (χ3n) is 4.58. The van der Waals surface area contributed by atoms with Gasteiger partial charge in [0, 0.05) is 12.7 Å². The van der Waals surface area contributed by atoms with E-state index in [1.165, 1.54) is 12.8 Å². The summed E-state index contributed by atoms with van der Waals surface area (Å²) in [7, 11) is 1.69. The molecule has 21 heavy (non-hydrogen) atoms. The van der Waals surface area contributed by atoms with E-state index in [0.717, 1.165) is 31.7 Å². The normalized spacial score (nSPS) is 20.0. The molecule has 1 atom stereocenters. The summed E-state index contributed by atoms with van der Waals surface area (Å²) in [6.07, 6.45) is 6.22. The lowest BCUT2D eigenvalue weighted by molar-refractivity contribution is -0.0546. The van der Waals surface area contributed by atoms with Crippen LogP contribution in [-0.4, -0.2) is 19.3 Å². The van der Waals surface area contributed by atoms with Crippen LogP contribution in [0.3, 0.4) is 0 Å². The zero-order chi connectivity index (χ0) is 15.3. The Morgan fingerprint density at radius 2 is 1.86 bits per heavy atom. The molecule has 118 valence electrons. The predicted octanol–water partition coefficient (Wildman–Crippen LogP) is 4.35. The largest absolute Gasteiger partial charge is 0.376 e. The molecule has 1 aromatic rings. The van der Waals surface area contributed by atoms with Crippen LogP contribution in [0.1, 0.15) is 57.1 Å². The highest BCUT2D eigenvalue weighted by Gasteiger charge is 2.41. The van der Waals surface area contributed by atoms with Crippen molar-refractivity contribution in [2.24, 2.45) is 0 Å². The average Bonchev–Trinajstić information content (AvgIpc) is 2.74. The first kappa shape index (κ1) is 16.4. The highest BCUT2D eigenvalue weighted by Crippen LogP contribution is 2.41. The Morgan fingerprint density at radius 1 is 1.19 bits per heavy atom. The summed E-state index contributed by atoms with van der Waals surface area (Å²) in [6, 6.07) is 4.07. The summed E-state index contributed by atoms with van der Waals surface area (Å²) in [5, 5.41) is 3.32. The Hall–Kier alpha value is -1.00. The smallest absolute Gasteiger partial charge is 0.163 e. The maximum absolute atomic E-state index is 14.3. The monoisotopic (exact) mass is 297 g/mol. The van der Waals surface area contributed by atoms with Gasteiger partial charge in [-0.2, -0.15) is 0 Å². The first-order valence-electron chi connectivity index (χ1n) is 7.87. The lowest BCUT2D eigenvalue weighted by Crippen LogP contribution is -2.45. The molecular formula is C17H25F2NO. The molecule has 0 aromatic heterocycles. The zero-order valence-corrected chi connectivity index (χ0v) is 12.9. The predicted molar refractivity (Wildman–Crippen MR) is 80.2 cm³/mol. The fraction of sp³-hybridized carbons (Fsp3) is 0.647. The molecule has 0 radical (unpaired) electrons. The van der Waals surface area contributed by atoms with Crippen molar-refractivity contribution in [2.75, 3.05) is 13.7 Å². The molecule has 2 rings (SSSR count). The highest BCUT2D eigenvalue weighted by molar-refractivity contribution is 5.26. The number of likely N-dealkylation sites (N-methyl/N-ethyl adjacent to an activating group) is 1. The van der Waals surface area contributed by atoms with Gasteiger partial charge in [0.25, 0.3) is 0 Å². The van der Waals surface area contributed by atoms with Crippen molar-refractivity contribution < 1.29 is 13.5 Å². The Morgan fingerprint density at radius 3 is 2.43 bits per heavy atom. The van der Waals surface area contributed by atoms with Crippen molar-refractivity contribution in [2.45, 2.75) is 57.1 Å². The third kappa shape index (κ3) is 3.43. The van der Waals surface area contributed by atoms with Crippen molar-refractivity contribution >= 4 is 0 Å². The number of nitrogens with one attached hydrogen (secondary N) is 1. The number of rotatable bonds is 5. The van der Waals surface area contributed by atoms with E-state index in [1.54, 1.807) is 19.2 Å². The summed E-state index contributed by atoms with van der Waals surface area (Å²) >= 11 is 0. The van der Waals surface area contributed by atoms with Gasteiger partial charge in [-0.25, -0.2) is 8.78 Å². The second kappa shape index (κ2) is 7.32. The van der Waals surface area contributed by atoms with Crippen LogP contribution < -0.4 is 5.32 Å². The molecular weight excluding hydrogens is 272 g/mol. The minimum atomic E-state index is -0.796. The third-order valence-corrected chi connectivity index (χ3v) is 4.58. The van der Waals surface area contributed by atoms with Gasteiger partial charge in [0.2, 0.25) is 0 Å². The van der Waals surface area contributed by atoms with E-state index in [1.807, 2.05) is 6.92 Å². The molecule has 1 unspecified atom stereocenters. The number of ether oxygens (including phenoxy) is 1.